The first-order valence-corrected chi connectivity index (χ1v) is 9.64. The maximum Gasteiger partial charge on any atom is 0.248 e. The number of primary amides is 1. The number of amides is 1. The van der Waals surface area contributed by atoms with Gasteiger partial charge in [-0.05, 0) is 31.5 Å². The Hall–Kier alpha value is -2.51. The SMILES string of the molecule is CC[C@@H]1CN(c2nc(-c3ccc(C(N)=O)cc3)nc3c2CCNC3)CCN1. The molecule has 7 heteroatoms. The molecule has 1 aromatic heterocycles. The van der Waals surface area contributed by atoms with Crippen molar-refractivity contribution < 1.29 is 4.79 Å². The van der Waals surface area contributed by atoms with Crippen molar-refractivity contribution >= 4 is 11.7 Å². The Morgan fingerprint density at radius 2 is 2.07 bits per heavy atom. The standard InChI is InChI=1S/C20H26N6O/c1-2-15-12-26(10-9-23-15)20-16-7-8-22-11-17(16)24-19(25-20)14-5-3-13(4-6-14)18(21)27/h3-6,15,22-23H,2,7-12H2,1H3,(H2,21,27)/t15-/m1/s1. The Labute approximate surface area is 159 Å². The van der Waals surface area contributed by atoms with E-state index in [1.807, 2.05) is 12.1 Å². The summed E-state index contributed by atoms with van der Waals surface area (Å²) in [6, 6.07) is 7.69. The summed E-state index contributed by atoms with van der Waals surface area (Å²) < 4.78 is 0. The van der Waals surface area contributed by atoms with Gasteiger partial charge in [-0.25, -0.2) is 9.97 Å². The number of carbonyl (C=O) groups excluding carboxylic acids is 1. The molecule has 1 fully saturated rings. The molecule has 4 N–H and O–H groups in total. The normalized spacial score (nSPS) is 19.6. The number of piperazine rings is 1. The molecule has 2 aliphatic heterocycles. The van der Waals surface area contributed by atoms with Crippen molar-refractivity contribution in [1.29, 1.82) is 0 Å². The number of nitrogens with two attached hydrogens (primary N) is 1. The fraction of sp³-hybridized carbons (Fsp3) is 0.450. The number of aromatic nitrogens is 2. The van der Waals surface area contributed by atoms with Crippen LogP contribution in [0.2, 0.25) is 0 Å². The second-order valence-corrected chi connectivity index (χ2v) is 7.17. The van der Waals surface area contributed by atoms with E-state index in [9.17, 15) is 4.79 Å². The molecule has 27 heavy (non-hydrogen) atoms. The van der Waals surface area contributed by atoms with Crippen LogP contribution in [-0.2, 0) is 13.0 Å². The van der Waals surface area contributed by atoms with Gasteiger partial charge in [0.25, 0.3) is 0 Å². The zero-order valence-corrected chi connectivity index (χ0v) is 15.7. The van der Waals surface area contributed by atoms with Crippen LogP contribution in [0.4, 0.5) is 5.82 Å². The molecule has 0 unspecified atom stereocenters. The zero-order valence-electron chi connectivity index (χ0n) is 15.7. The van der Waals surface area contributed by atoms with E-state index in [1.165, 1.54) is 5.56 Å². The number of hydrogen-bond acceptors (Lipinski definition) is 6. The molecule has 0 aliphatic carbocycles. The lowest BCUT2D eigenvalue weighted by Gasteiger charge is -2.36. The highest BCUT2D eigenvalue weighted by atomic mass is 16.1. The lowest BCUT2D eigenvalue weighted by Crippen LogP contribution is -2.51. The first-order chi connectivity index (χ1) is 13.2. The Bertz CT molecular complexity index is 835. The summed E-state index contributed by atoms with van der Waals surface area (Å²) >= 11 is 0. The van der Waals surface area contributed by atoms with Gasteiger partial charge in [0.05, 0.1) is 5.69 Å². The maximum atomic E-state index is 11.3. The molecule has 0 radical (unpaired) electrons. The molecular formula is C20H26N6O. The van der Waals surface area contributed by atoms with E-state index in [2.05, 4.69) is 22.5 Å². The topological polar surface area (TPSA) is 96.2 Å². The van der Waals surface area contributed by atoms with Crippen molar-refractivity contribution in [3.63, 3.8) is 0 Å². The fourth-order valence-corrected chi connectivity index (χ4v) is 3.81. The lowest BCUT2D eigenvalue weighted by molar-refractivity contribution is 0.100. The van der Waals surface area contributed by atoms with Crippen molar-refractivity contribution in [3.8, 4) is 11.4 Å². The van der Waals surface area contributed by atoms with E-state index in [4.69, 9.17) is 15.7 Å². The molecule has 2 aromatic rings. The van der Waals surface area contributed by atoms with Crippen LogP contribution in [0, 0.1) is 0 Å². The van der Waals surface area contributed by atoms with Crippen molar-refractivity contribution in [2.75, 3.05) is 31.1 Å². The van der Waals surface area contributed by atoms with Crippen LogP contribution in [0.15, 0.2) is 24.3 Å². The van der Waals surface area contributed by atoms with Crippen LogP contribution in [0.3, 0.4) is 0 Å². The van der Waals surface area contributed by atoms with Gasteiger partial charge in [-0.1, -0.05) is 19.1 Å². The number of nitrogens with zero attached hydrogens (tertiary/aromatic N) is 3. The summed E-state index contributed by atoms with van der Waals surface area (Å²) in [4.78, 5) is 23.5. The molecule has 1 saturated heterocycles. The highest BCUT2D eigenvalue weighted by Crippen LogP contribution is 2.28. The van der Waals surface area contributed by atoms with Crippen LogP contribution in [0.1, 0.15) is 35.0 Å². The third-order valence-electron chi connectivity index (χ3n) is 5.39. The molecule has 1 atom stereocenters. The van der Waals surface area contributed by atoms with Crippen LogP contribution >= 0.6 is 0 Å². The predicted octanol–water partition coefficient (Wildman–Crippen LogP) is 1.08. The van der Waals surface area contributed by atoms with Crippen LogP contribution in [0.25, 0.3) is 11.4 Å². The van der Waals surface area contributed by atoms with Gasteiger partial charge in [-0.2, -0.15) is 0 Å². The quantitative estimate of drug-likeness (QED) is 0.749. The predicted molar refractivity (Wildman–Crippen MR) is 106 cm³/mol. The van der Waals surface area contributed by atoms with E-state index in [0.717, 1.165) is 62.6 Å². The number of benzene rings is 1. The Kier molecular flexibility index (Phi) is 5.05. The van der Waals surface area contributed by atoms with Gasteiger partial charge in [0.2, 0.25) is 5.91 Å². The maximum absolute atomic E-state index is 11.3. The molecule has 3 heterocycles. The largest absolute Gasteiger partial charge is 0.366 e. The van der Waals surface area contributed by atoms with Gasteiger partial charge in [0, 0.05) is 48.9 Å². The third kappa shape index (κ3) is 3.65. The summed E-state index contributed by atoms with van der Waals surface area (Å²) in [5.74, 6) is 1.34. The van der Waals surface area contributed by atoms with Crippen molar-refractivity contribution in [3.05, 3.63) is 41.1 Å². The Balaban J connectivity index is 1.74. The van der Waals surface area contributed by atoms with Gasteiger partial charge < -0.3 is 21.3 Å². The van der Waals surface area contributed by atoms with Crippen molar-refractivity contribution in [2.24, 2.45) is 5.73 Å². The minimum Gasteiger partial charge on any atom is -0.366 e. The fourth-order valence-electron chi connectivity index (χ4n) is 3.81. The summed E-state index contributed by atoms with van der Waals surface area (Å²) in [5.41, 5.74) is 9.08. The molecule has 7 nitrogen and oxygen atoms in total. The van der Waals surface area contributed by atoms with E-state index in [1.54, 1.807) is 12.1 Å². The summed E-state index contributed by atoms with van der Waals surface area (Å²) in [7, 11) is 0. The van der Waals surface area contributed by atoms with Crippen molar-refractivity contribution in [2.45, 2.75) is 32.4 Å². The number of fused-ring (bicyclic) bond motifs is 1. The van der Waals surface area contributed by atoms with Gasteiger partial charge in [-0.15, -0.1) is 0 Å². The molecule has 1 aromatic carbocycles. The molecule has 1 amide bonds. The second-order valence-electron chi connectivity index (χ2n) is 7.17. The van der Waals surface area contributed by atoms with Crippen LogP contribution < -0.4 is 21.3 Å². The Morgan fingerprint density at radius 1 is 1.26 bits per heavy atom. The number of nitrogens with one attached hydrogen (secondary N) is 2. The summed E-state index contributed by atoms with van der Waals surface area (Å²) in [6.45, 7) is 6.82. The molecule has 0 spiro atoms. The number of hydrogen-bond donors (Lipinski definition) is 3. The smallest absolute Gasteiger partial charge is 0.248 e. The number of anilines is 1. The average molecular weight is 366 g/mol. The minimum absolute atomic E-state index is 0.427. The average Bonchev–Trinajstić information content (AvgIpc) is 2.73. The number of rotatable bonds is 4. The molecule has 142 valence electrons. The van der Waals surface area contributed by atoms with E-state index in [0.29, 0.717) is 17.4 Å². The molecular weight excluding hydrogens is 340 g/mol. The summed E-state index contributed by atoms with van der Waals surface area (Å²) in [6.07, 6.45) is 2.05. The summed E-state index contributed by atoms with van der Waals surface area (Å²) in [5, 5.41) is 6.98. The minimum atomic E-state index is -0.427. The first kappa shape index (κ1) is 17.9. The van der Waals surface area contributed by atoms with Gasteiger partial charge in [-0.3, -0.25) is 4.79 Å². The monoisotopic (exact) mass is 366 g/mol. The molecule has 0 bridgehead atoms. The molecule has 4 rings (SSSR count). The van der Waals surface area contributed by atoms with E-state index >= 15 is 0 Å². The first-order valence-electron chi connectivity index (χ1n) is 9.64. The van der Waals surface area contributed by atoms with Gasteiger partial charge in [0.15, 0.2) is 5.82 Å². The zero-order chi connectivity index (χ0) is 18.8. The highest BCUT2D eigenvalue weighted by Gasteiger charge is 2.25. The van der Waals surface area contributed by atoms with E-state index < -0.39 is 5.91 Å². The lowest BCUT2D eigenvalue weighted by atomic mass is 10.0. The number of carbonyl (C=O) groups is 1. The van der Waals surface area contributed by atoms with Gasteiger partial charge in [0.1, 0.15) is 5.82 Å². The molecule has 0 saturated carbocycles. The second kappa shape index (κ2) is 7.62. The van der Waals surface area contributed by atoms with Gasteiger partial charge >= 0.3 is 0 Å². The van der Waals surface area contributed by atoms with Crippen LogP contribution in [-0.4, -0.2) is 48.1 Å². The highest BCUT2D eigenvalue weighted by molar-refractivity contribution is 5.93. The van der Waals surface area contributed by atoms with Crippen LogP contribution in [0.5, 0.6) is 0 Å². The Morgan fingerprint density at radius 3 is 2.81 bits per heavy atom. The van der Waals surface area contributed by atoms with E-state index in [-0.39, 0.29) is 0 Å². The molecule has 2 aliphatic rings. The van der Waals surface area contributed by atoms with Crippen molar-refractivity contribution in [1.82, 2.24) is 20.6 Å². The third-order valence-corrected chi connectivity index (χ3v) is 5.39.